The number of methoxy groups -OCH3 is 4. The van der Waals surface area contributed by atoms with Crippen LogP contribution in [-0.2, 0) is 6.54 Å². The largest absolute Gasteiger partial charge is 0.495 e. The topological polar surface area (TPSA) is 66.0 Å². The lowest BCUT2D eigenvalue weighted by Crippen LogP contribution is -2.23. The summed E-state index contributed by atoms with van der Waals surface area (Å²) < 4.78 is 21.6. The van der Waals surface area contributed by atoms with Gasteiger partial charge in [0.1, 0.15) is 5.75 Å². The lowest BCUT2D eigenvalue weighted by molar-refractivity contribution is 0.0948. The normalized spacial score (nSPS) is 10.4. The number of fused-ring (bicyclic) bond motifs is 1. The van der Waals surface area contributed by atoms with Crippen molar-refractivity contribution in [1.82, 2.24) is 5.32 Å². The van der Waals surface area contributed by atoms with E-state index in [2.05, 4.69) is 5.32 Å². The summed E-state index contributed by atoms with van der Waals surface area (Å²) in [5, 5.41) is 4.83. The molecule has 0 aliphatic carbocycles. The van der Waals surface area contributed by atoms with Crippen LogP contribution in [0.3, 0.4) is 0 Å². The molecule has 0 aliphatic rings. The molecule has 0 heterocycles. The van der Waals surface area contributed by atoms with Crippen LogP contribution in [0.4, 0.5) is 0 Å². The van der Waals surface area contributed by atoms with Crippen LogP contribution in [0.5, 0.6) is 23.0 Å². The van der Waals surface area contributed by atoms with Gasteiger partial charge in [0, 0.05) is 11.9 Å². The van der Waals surface area contributed by atoms with Crippen molar-refractivity contribution in [2.24, 2.45) is 0 Å². The van der Waals surface area contributed by atoms with Crippen LogP contribution in [0.2, 0.25) is 0 Å². The van der Waals surface area contributed by atoms with Gasteiger partial charge in [0.05, 0.1) is 34.0 Å². The summed E-state index contributed by atoms with van der Waals surface area (Å²) in [4.78, 5) is 12.8. The van der Waals surface area contributed by atoms with E-state index in [4.69, 9.17) is 18.9 Å². The van der Waals surface area contributed by atoms with Crippen molar-refractivity contribution in [3.8, 4) is 23.0 Å². The quantitative estimate of drug-likeness (QED) is 0.674. The summed E-state index contributed by atoms with van der Waals surface area (Å²) in [5.41, 5.74) is 1.30. The van der Waals surface area contributed by atoms with Crippen LogP contribution in [-0.4, -0.2) is 34.3 Å². The van der Waals surface area contributed by atoms with Crippen molar-refractivity contribution < 1.29 is 23.7 Å². The third-order valence-electron chi connectivity index (χ3n) is 4.51. The predicted molar refractivity (Wildman–Crippen MR) is 108 cm³/mol. The highest BCUT2D eigenvalue weighted by atomic mass is 16.5. The van der Waals surface area contributed by atoms with Crippen molar-refractivity contribution in [2.75, 3.05) is 28.4 Å². The Morgan fingerprint density at radius 3 is 2.07 bits per heavy atom. The van der Waals surface area contributed by atoms with Crippen LogP contribution in [0.1, 0.15) is 15.9 Å². The smallest absolute Gasteiger partial charge is 0.255 e. The molecule has 6 heteroatoms. The molecule has 3 aromatic rings. The summed E-state index contributed by atoms with van der Waals surface area (Å²) in [6.45, 7) is 0.297. The second-order valence-corrected chi connectivity index (χ2v) is 6.08. The summed E-state index contributed by atoms with van der Waals surface area (Å²) in [5.74, 6) is 1.91. The number of hydrogen-bond donors (Lipinski definition) is 1. The van der Waals surface area contributed by atoms with Gasteiger partial charge in [-0.05, 0) is 29.1 Å². The Bertz CT molecular complexity index is 974. The van der Waals surface area contributed by atoms with E-state index in [0.717, 1.165) is 16.3 Å². The summed E-state index contributed by atoms with van der Waals surface area (Å²) in [6.07, 6.45) is 0. The molecule has 3 rings (SSSR count). The van der Waals surface area contributed by atoms with Crippen molar-refractivity contribution in [1.29, 1.82) is 0 Å². The lowest BCUT2D eigenvalue weighted by atomic mass is 10.0. The minimum absolute atomic E-state index is 0.226. The van der Waals surface area contributed by atoms with Crippen LogP contribution < -0.4 is 24.3 Å². The Kier molecular flexibility index (Phi) is 5.89. The molecule has 28 heavy (non-hydrogen) atoms. The van der Waals surface area contributed by atoms with Crippen molar-refractivity contribution >= 4 is 16.7 Å². The Hall–Kier alpha value is -3.41. The fourth-order valence-electron chi connectivity index (χ4n) is 3.16. The van der Waals surface area contributed by atoms with Crippen molar-refractivity contribution in [2.45, 2.75) is 6.54 Å². The molecule has 0 aromatic heterocycles. The van der Waals surface area contributed by atoms with Gasteiger partial charge in [0.15, 0.2) is 11.5 Å². The van der Waals surface area contributed by atoms with Gasteiger partial charge in [0.2, 0.25) is 5.75 Å². The molecule has 0 aliphatic heterocycles. The zero-order chi connectivity index (χ0) is 20.1. The number of benzene rings is 3. The molecule has 1 N–H and O–H groups in total. The summed E-state index contributed by atoms with van der Waals surface area (Å²) in [7, 11) is 6.23. The van der Waals surface area contributed by atoms with Crippen LogP contribution in [0.15, 0.2) is 48.5 Å². The van der Waals surface area contributed by atoms with Gasteiger partial charge in [-0.2, -0.15) is 0 Å². The van der Waals surface area contributed by atoms with Gasteiger partial charge in [0.25, 0.3) is 5.91 Å². The van der Waals surface area contributed by atoms with Crippen LogP contribution in [0, 0.1) is 0 Å². The third-order valence-corrected chi connectivity index (χ3v) is 4.51. The highest BCUT2D eigenvalue weighted by molar-refractivity contribution is 6.03. The van der Waals surface area contributed by atoms with Crippen molar-refractivity contribution in [3.05, 3.63) is 59.7 Å². The third kappa shape index (κ3) is 3.67. The Labute approximate surface area is 164 Å². The molecule has 0 radical (unpaired) electrons. The maximum atomic E-state index is 12.8. The first kappa shape index (κ1) is 19.4. The van der Waals surface area contributed by atoms with Crippen LogP contribution >= 0.6 is 0 Å². The SMILES string of the molecule is COc1cc(CNC(=O)c2ccc3ccccc3c2OC)cc(OC)c1OC. The summed E-state index contributed by atoms with van der Waals surface area (Å²) in [6, 6.07) is 15.1. The average molecular weight is 381 g/mol. The Morgan fingerprint density at radius 2 is 1.46 bits per heavy atom. The van der Waals surface area contributed by atoms with E-state index in [0.29, 0.717) is 35.1 Å². The highest BCUT2D eigenvalue weighted by Gasteiger charge is 2.17. The van der Waals surface area contributed by atoms with E-state index < -0.39 is 0 Å². The first-order valence-corrected chi connectivity index (χ1v) is 8.75. The molecule has 0 fully saturated rings. The van der Waals surface area contributed by atoms with Gasteiger partial charge in [-0.15, -0.1) is 0 Å². The number of ether oxygens (including phenoxy) is 4. The first-order valence-electron chi connectivity index (χ1n) is 8.75. The molecule has 6 nitrogen and oxygen atoms in total. The van der Waals surface area contributed by atoms with Gasteiger partial charge in [-0.25, -0.2) is 0 Å². The van der Waals surface area contributed by atoms with Gasteiger partial charge in [-0.3, -0.25) is 4.79 Å². The first-order chi connectivity index (χ1) is 13.6. The molecule has 0 saturated heterocycles. The van der Waals surface area contributed by atoms with Gasteiger partial charge in [-0.1, -0.05) is 30.3 Å². The maximum absolute atomic E-state index is 12.8. The monoisotopic (exact) mass is 381 g/mol. The van der Waals surface area contributed by atoms with Crippen LogP contribution in [0.25, 0.3) is 10.8 Å². The molecule has 0 bridgehead atoms. The molecule has 0 spiro atoms. The Balaban J connectivity index is 1.86. The second-order valence-electron chi connectivity index (χ2n) is 6.08. The molecule has 3 aromatic carbocycles. The minimum Gasteiger partial charge on any atom is -0.495 e. The zero-order valence-corrected chi connectivity index (χ0v) is 16.4. The van der Waals surface area contributed by atoms with E-state index in [-0.39, 0.29) is 5.91 Å². The van der Waals surface area contributed by atoms with E-state index in [1.54, 1.807) is 46.6 Å². The number of carbonyl (C=O) groups excluding carboxylic acids is 1. The van der Waals surface area contributed by atoms with Gasteiger partial charge >= 0.3 is 0 Å². The molecular weight excluding hydrogens is 358 g/mol. The number of hydrogen-bond acceptors (Lipinski definition) is 5. The fourth-order valence-corrected chi connectivity index (χ4v) is 3.16. The van der Waals surface area contributed by atoms with Gasteiger partial charge < -0.3 is 24.3 Å². The standard InChI is InChI=1S/C22H23NO5/c1-25-18-11-14(12-19(26-2)21(18)28-4)13-23-22(24)17-10-9-15-7-5-6-8-16(15)20(17)27-3/h5-12H,13H2,1-4H3,(H,23,24). The fraction of sp³-hybridized carbons (Fsp3) is 0.227. The highest BCUT2D eigenvalue weighted by Crippen LogP contribution is 2.38. The second kappa shape index (κ2) is 8.52. The summed E-state index contributed by atoms with van der Waals surface area (Å²) >= 11 is 0. The van der Waals surface area contributed by atoms with E-state index in [9.17, 15) is 4.79 Å². The molecule has 0 unspecified atom stereocenters. The molecule has 146 valence electrons. The zero-order valence-electron chi connectivity index (χ0n) is 16.4. The minimum atomic E-state index is -0.226. The number of carbonyl (C=O) groups is 1. The molecular formula is C22H23NO5. The predicted octanol–water partition coefficient (Wildman–Crippen LogP) is 3.80. The maximum Gasteiger partial charge on any atom is 0.255 e. The molecule has 1 amide bonds. The Morgan fingerprint density at radius 1 is 0.821 bits per heavy atom. The number of nitrogens with one attached hydrogen (secondary N) is 1. The van der Waals surface area contributed by atoms with E-state index in [1.807, 2.05) is 30.3 Å². The number of rotatable bonds is 7. The molecule has 0 saturated carbocycles. The van der Waals surface area contributed by atoms with E-state index >= 15 is 0 Å². The average Bonchev–Trinajstić information content (AvgIpc) is 2.75. The van der Waals surface area contributed by atoms with E-state index in [1.165, 1.54) is 0 Å². The van der Waals surface area contributed by atoms with Crippen molar-refractivity contribution in [3.63, 3.8) is 0 Å². The lowest BCUT2D eigenvalue weighted by Gasteiger charge is -2.15. The number of amides is 1. The molecule has 0 atom stereocenters.